The van der Waals surface area contributed by atoms with Gasteiger partial charge >= 0.3 is 18.4 Å². The molecular formula is C30H35F6N3O3. The van der Waals surface area contributed by atoms with Crippen LogP contribution in [0.15, 0.2) is 48.5 Å². The van der Waals surface area contributed by atoms with Crippen LogP contribution in [0.5, 0.6) is 0 Å². The van der Waals surface area contributed by atoms with Crippen LogP contribution in [0.4, 0.5) is 31.1 Å². The molecular weight excluding hydrogens is 564 g/mol. The summed E-state index contributed by atoms with van der Waals surface area (Å²) in [7, 11) is 0. The van der Waals surface area contributed by atoms with E-state index < -0.39 is 35.7 Å². The van der Waals surface area contributed by atoms with E-state index in [9.17, 15) is 35.9 Å². The van der Waals surface area contributed by atoms with E-state index in [1.54, 1.807) is 9.80 Å². The number of nitrogens with zero attached hydrogens (tertiary/aromatic N) is 2. The van der Waals surface area contributed by atoms with Gasteiger partial charge in [0.2, 0.25) is 5.91 Å². The Morgan fingerprint density at radius 3 is 2.02 bits per heavy atom. The van der Waals surface area contributed by atoms with Crippen molar-refractivity contribution in [2.75, 3.05) is 32.7 Å². The van der Waals surface area contributed by atoms with Gasteiger partial charge in [-0.05, 0) is 62.4 Å². The molecule has 2 aliphatic heterocycles. The van der Waals surface area contributed by atoms with Crippen molar-refractivity contribution >= 4 is 11.9 Å². The number of hydrogen-bond acceptors (Lipinski definition) is 3. The number of piperidine rings is 2. The van der Waals surface area contributed by atoms with Gasteiger partial charge in [-0.25, -0.2) is 4.79 Å². The molecule has 2 fully saturated rings. The quantitative estimate of drug-likeness (QED) is 0.380. The second kappa shape index (κ2) is 12.9. The summed E-state index contributed by atoms with van der Waals surface area (Å²) in [5.74, 6) is -0.602. The number of ether oxygens (including phenoxy) is 1. The number of urea groups is 1. The van der Waals surface area contributed by atoms with Crippen LogP contribution in [0.2, 0.25) is 0 Å². The van der Waals surface area contributed by atoms with Crippen molar-refractivity contribution in [3.05, 3.63) is 70.8 Å². The molecule has 2 aromatic rings. The minimum atomic E-state index is -4.95. The number of nitrogens with one attached hydrogen (secondary N) is 1. The zero-order chi connectivity index (χ0) is 30.7. The summed E-state index contributed by atoms with van der Waals surface area (Å²) in [6.45, 7) is 5.38. The molecule has 2 aromatic carbocycles. The maximum Gasteiger partial charge on any atom is 0.416 e. The zero-order valence-electron chi connectivity index (χ0n) is 23.5. The molecule has 0 spiro atoms. The van der Waals surface area contributed by atoms with Crippen LogP contribution >= 0.6 is 0 Å². The first-order chi connectivity index (χ1) is 19.8. The summed E-state index contributed by atoms with van der Waals surface area (Å²) in [5.41, 5.74) is -2.14. The molecule has 3 amide bonds. The Morgan fingerprint density at radius 2 is 1.48 bits per heavy atom. The highest BCUT2D eigenvalue weighted by molar-refractivity contribution is 5.80. The monoisotopic (exact) mass is 599 g/mol. The predicted octanol–water partition coefficient (Wildman–Crippen LogP) is 6.63. The van der Waals surface area contributed by atoms with E-state index in [1.165, 1.54) is 6.92 Å². The van der Waals surface area contributed by atoms with E-state index in [1.807, 2.05) is 37.3 Å². The molecule has 6 nitrogen and oxygen atoms in total. The van der Waals surface area contributed by atoms with E-state index in [0.717, 1.165) is 5.56 Å². The number of alkyl halides is 6. The third kappa shape index (κ3) is 7.56. The Bertz CT molecular complexity index is 1200. The van der Waals surface area contributed by atoms with Gasteiger partial charge in [0.05, 0.1) is 23.3 Å². The van der Waals surface area contributed by atoms with Crippen molar-refractivity contribution in [3.8, 4) is 0 Å². The number of likely N-dealkylation sites (tertiary alicyclic amines) is 2. The predicted molar refractivity (Wildman–Crippen MR) is 143 cm³/mol. The van der Waals surface area contributed by atoms with Gasteiger partial charge in [-0.3, -0.25) is 4.79 Å². The first-order valence-corrected chi connectivity index (χ1v) is 14.1. The molecule has 2 heterocycles. The van der Waals surface area contributed by atoms with Crippen molar-refractivity contribution < 1.29 is 40.7 Å². The molecule has 42 heavy (non-hydrogen) atoms. The first-order valence-electron chi connectivity index (χ1n) is 14.1. The van der Waals surface area contributed by atoms with Crippen LogP contribution in [0.25, 0.3) is 0 Å². The van der Waals surface area contributed by atoms with Gasteiger partial charge in [0, 0.05) is 44.6 Å². The number of carbonyl (C=O) groups excluding carboxylic acids is 2. The normalized spacial score (nSPS) is 21.2. The summed E-state index contributed by atoms with van der Waals surface area (Å²) in [6.07, 6.45) is -10.1. The highest BCUT2D eigenvalue weighted by Crippen LogP contribution is 2.40. The van der Waals surface area contributed by atoms with Crippen LogP contribution in [-0.2, 0) is 21.9 Å². The Kier molecular flexibility index (Phi) is 9.74. The molecule has 4 rings (SSSR count). The van der Waals surface area contributed by atoms with Gasteiger partial charge in [-0.1, -0.05) is 30.3 Å². The van der Waals surface area contributed by atoms with Crippen molar-refractivity contribution in [1.82, 2.24) is 15.1 Å². The summed E-state index contributed by atoms with van der Waals surface area (Å²) in [4.78, 5) is 29.1. The molecule has 2 saturated heterocycles. The van der Waals surface area contributed by atoms with Gasteiger partial charge in [0.25, 0.3) is 0 Å². The van der Waals surface area contributed by atoms with E-state index >= 15 is 0 Å². The van der Waals surface area contributed by atoms with Gasteiger partial charge < -0.3 is 19.9 Å². The molecule has 0 radical (unpaired) electrons. The average molecular weight is 600 g/mol. The summed E-state index contributed by atoms with van der Waals surface area (Å²) < 4.78 is 86.8. The number of carbonyl (C=O) groups is 2. The number of hydrogen-bond donors (Lipinski definition) is 1. The second-order valence-electron chi connectivity index (χ2n) is 10.8. The molecule has 0 saturated carbocycles. The Balaban J connectivity index is 1.50. The number of rotatable bonds is 6. The van der Waals surface area contributed by atoms with Crippen LogP contribution in [-0.4, -0.2) is 60.6 Å². The lowest BCUT2D eigenvalue weighted by Crippen LogP contribution is -2.51. The summed E-state index contributed by atoms with van der Waals surface area (Å²) in [5, 5.41) is 2.77. The van der Waals surface area contributed by atoms with Crippen molar-refractivity contribution in [1.29, 1.82) is 0 Å². The molecule has 0 bridgehead atoms. The first kappa shape index (κ1) is 31.7. The average Bonchev–Trinajstić information content (AvgIpc) is 2.96. The molecule has 12 heteroatoms. The molecule has 230 valence electrons. The summed E-state index contributed by atoms with van der Waals surface area (Å²) >= 11 is 0. The zero-order valence-corrected chi connectivity index (χ0v) is 23.5. The Morgan fingerprint density at radius 1 is 0.905 bits per heavy atom. The number of amides is 3. The van der Waals surface area contributed by atoms with Crippen LogP contribution in [0.3, 0.4) is 0 Å². The largest absolute Gasteiger partial charge is 0.416 e. The number of halogens is 6. The molecule has 1 unspecified atom stereocenters. The highest BCUT2D eigenvalue weighted by Gasteiger charge is 2.40. The van der Waals surface area contributed by atoms with Gasteiger partial charge in [-0.15, -0.1) is 0 Å². The summed E-state index contributed by atoms with van der Waals surface area (Å²) in [6, 6.07) is 10.6. The molecule has 0 aromatic heterocycles. The Hall–Kier alpha value is -3.28. The fourth-order valence-corrected chi connectivity index (χ4v) is 5.72. The lowest BCUT2D eigenvalue weighted by molar-refractivity contribution is -0.143. The lowest BCUT2D eigenvalue weighted by Gasteiger charge is -2.42. The van der Waals surface area contributed by atoms with Gasteiger partial charge in [0.1, 0.15) is 0 Å². The van der Waals surface area contributed by atoms with Crippen molar-refractivity contribution in [3.63, 3.8) is 0 Å². The molecule has 2 aliphatic rings. The van der Waals surface area contributed by atoms with E-state index in [0.29, 0.717) is 64.1 Å². The standard InChI is InChI=1S/C30H35F6N3O3/c1-3-37-28(41)38-12-9-21(10-13-38)27(40)39-14-11-26(25(18-39)20-7-5-4-6-8-20)42-19(2)22-15-23(29(31,32)33)17-24(16-22)30(34,35)36/h4-8,15-17,19,21,25-26H,3,9-14,18H2,1-2H3,(H,37,41)/t19?,25-,26-/m0/s1. The van der Waals surface area contributed by atoms with Crippen molar-refractivity contribution in [2.24, 2.45) is 5.92 Å². The van der Waals surface area contributed by atoms with Gasteiger partial charge in [0.15, 0.2) is 0 Å². The fourth-order valence-electron chi connectivity index (χ4n) is 5.72. The third-order valence-electron chi connectivity index (χ3n) is 8.01. The van der Waals surface area contributed by atoms with Crippen molar-refractivity contribution in [2.45, 2.75) is 63.6 Å². The molecule has 0 aliphatic carbocycles. The minimum absolute atomic E-state index is 0.0225. The third-order valence-corrected chi connectivity index (χ3v) is 8.01. The minimum Gasteiger partial charge on any atom is -0.370 e. The van der Waals surface area contributed by atoms with E-state index in [4.69, 9.17) is 4.74 Å². The SMILES string of the molecule is CCNC(=O)N1CCC(C(=O)N2CC[C@H](OC(C)c3cc(C(F)(F)F)cc(C(F)(F)F)c3)[C@H](c3ccccc3)C2)CC1. The van der Waals surface area contributed by atoms with Crippen LogP contribution in [0.1, 0.15) is 67.4 Å². The number of benzene rings is 2. The van der Waals surface area contributed by atoms with Crippen LogP contribution < -0.4 is 5.32 Å². The highest BCUT2D eigenvalue weighted by atomic mass is 19.4. The smallest absolute Gasteiger partial charge is 0.370 e. The lowest BCUT2D eigenvalue weighted by atomic mass is 9.86. The van der Waals surface area contributed by atoms with E-state index in [2.05, 4.69) is 5.32 Å². The topological polar surface area (TPSA) is 61.9 Å². The molecule has 3 atom stereocenters. The maximum atomic E-state index is 13.5. The van der Waals surface area contributed by atoms with Gasteiger partial charge in [-0.2, -0.15) is 26.3 Å². The Labute approximate surface area is 241 Å². The van der Waals surface area contributed by atoms with E-state index in [-0.39, 0.29) is 35.4 Å². The maximum absolute atomic E-state index is 13.5. The molecule has 1 N–H and O–H groups in total. The fraction of sp³-hybridized carbons (Fsp3) is 0.533. The van der Waals surface area contributed by atoms with Crippen LogP contribution in [0, 0.1) is 5.92 Å². The second-order valence-corrected chi connectivity index (χ2v) is 10.8.